The van der Waals surface area contributed by atoms with Crippen molar-refractivity contribution in [2.75, 3.05) is 45.3 Å². The molecule has 0 atom stereocenters. The third kappa shape index (κ3) is 10.5. The molecule has 148 valence electrons. The second-order valence-corrected chi connectivity index (χ2v) is 13.2. The Morgan fingerprint density at radius 1 is 1.12 bits per heavy atom. The fraction of sp³-hybridized carbons (Fsp3) is 0.632. The van der Waals surface area contributed by atoms with Gasteiger partial charge in [0.1, 0.15) is 0 Å². The fourth-order valence-corrected chi connectivity index (χ4v) is 3.38. The van der Waals surface area contributed by atoms with Crippen LogP contribution < -0.4 is 11.1 Å². The quantitative estimate of drug-likeness (QED) is 0.276. The summed E-state index contributed by atoms with van der Waals surface area (Å²) in [7, 11) is -1.13. The number of hydrogen-bond donors (Lipinski definition) is 3. The summed E-state index contributed by atoms with van der Waals surface area (Å²) in [4.78, 5) is 12.3. The summed E-state index contributed by atoms with van der Waals surface area (Å²) in [5.41, 5.74) is 8.30. The molecule has 26 heavy (non-hydrogen) atoms. The summed E-state index contributed by atoms with van der Waals surface area (Å²) in [6.07, 6.45) is 1.59. The van der Waals surface area contributed by atoms with E-state index in [1.807, 2.05) is 12.1 Å². The molecule has 0 aromatic heterocycles. The Morgan fingerprint density at radius 3 is 2.46 bits per heavy atom. The predicted octanol–water partition coefficient (Wildman–Crippen LogP) is 2.29. The Balaban J connectivity index is 2.32. The zero-order chi connectivity index (χ0) is 19.4. The molecule has 1 rings (SSSR count). The van der Waals surface area contributed by atoms with Gasteiger partial charge in [-0.2, -0.15) is 0 Å². The topological polar surface area (TPSA) is 93.8 Å². The first-order valence-electron chi connectivity index (χ1n) is 9.26. The van der Waals surface area contributed by atoms with Crippen molar-refractivity contribution in [2.45, 2.75) is 38.5 Å². The van der Waals surface area contributed by atoms with E-state index < -0.39 is 8.07 Å². The average molecular weight is 383 g/mol. The van der Waals surface area contributed by atoms with E-state index in [0.717, 1.165) is 12.0 Å². The van der Waals surface area contributed by atoms with Crippen molar-refractivity contribution in [2.24, 2.45) is 0 Å². The smallest absolute Gasteiger partial charge is 0.251 e. The monoisotopic (exact) mass is 382 g/mol. The Hall–Kier alpha value is -1.41. The Kier molecular flexibility index (Phi) is 10.5. The van der Waals surface area contributed by atoms with Crippen LogP contribution in [0.5, 0.6) is 0 Å². The minimum atomic E-state index is -1.13. The number of carbonyl (C=O) groups excluding carboxylic acids is 1. The minimum absolute atomic E-state index is 0.130. The molecule has 0 heterocycles. The van der Waals surface area contributed by atoms with Gasteiger partial charge < -0.3 is 25.6 Å². The normalized spacial score (nSPS) is 11.5. The van der Waals surface area contributed by atoms with Gasteiger partial charge in [-0.3, -0.25) is 4.79 Å². The molecule has 0 saturated heterocycles. The number of hydrogen-bond acceptors (Lipinski definition) is 5. The number of carbonyl (C=O) groups is 1. The van der Waals surface area contributed by atoms with Crippen LogP contribution in [0.2, 0.25) is 25.7 Å². The first-order valence-corrected chi connectivity index (χ1v) is 13.0. The minimum Gasteiger partial charge on any atom is -0.399 e. The van der Waals surface area contributed by atoms with Crippen molar-refractivity contribution in [3.63, 3.8) is 0 Å². The van der Waals surface area contributed by atoms with Crippen molar-refractivity contribution in [3.05, 3.63) is 29.3 Å². The Morgan fingerprint density at radius 2 is 1.81 bits per heavy atom. The standard InChI is InChI=1S/C19H34N2O4Si/c1-26(2,3)12-5-16-13-17(15-18(20)14-16)19(23)21-6-9-25-11-10-24-8-4-7-22/h13-15,22H,4-12,20H2,1-3H3,(H,21,23). The highest BCUT2D eigenvalue weighted by Crippen LogP contribution is 2.18. The molecule has 0 spiro atoms. The summed E-state index contributed by atoms with van der Waals surface area (Å²) < 4.78 is 10.7. The Labute approximate surface area is 158 Å². The summed E-state index contributed by atoms with van der Waals surface area (Å²) in [6, 6.07) is 6.77. The maximum atomic E-state index is 12.3. The van der Waals surface area contributed by atoms with Gasteiger partial charge >= 0.3 is 0 Å². The van der Waals surface area contributed by atoms with Crippen LogP contribution in [-0.4, -0.2) is 58.7 Å². The molecule has 0 bridgehead atoms. The van der Waals surface area contributed by atoms with Crippen molar-refractivity contribution in [1.82, 2.24) is 5.32 Å². The molecule has 0 saturated carbocycles. The number of nitrogen functional groups attached to an aromatic ring is 1. The van der Waals surface area contributed by atoms with Gasteiger partial charge in [-0.05, 0) is 36.6 Å². The molecule has 0 radical (unpaired) electrons. The molecule has 0 fully saturated rings. The van der Waals surface area contributed by atoms with Gasteiger partial charge in [0.2, 0.25) is 0 Å². The van der Waals surface area contributed by atoms with Gasteiger partial charge in [-0.25, -0.2) is 0 Å². The number of amides is 1. The lowest BCUT2D eigenvalue weighted by molar-refractivity contribution is 0.0432. The van der Waals surface area contributed by atoms with E-state index >= 15 is 0 Å². The first-order chi connectivity index (χ1) is 12.3. The van der Waals surface area contributed by atoms with Crippen molar-refractivity contribution < 1.29 is 19.4 Å². The number of anilines is 1. The summed E-state index contributed by atoms with van der Waals surface area (Å²) in [5, 5.41) is 11.5. The molecule has 0 aliphatic heterocycles. The van der Waals surface area contributed by atoms with Crippen molar-refractivity contribution in [3.8, 4) is 0 Å². The largest absolute Gasteiger partial charge is 0.399 e. The summed E-state index contributed by atoms with van der Waals surface area (Å²) >= 11 is 0. The van der Waals surface area contributed by atoms with Crippen molar-refractivity contribution in [1.29, 1.82) is 0 Å². The van der Waals surface area contributed by atoms with Crippen LogP contribution in [0.15, 0.2) is 18.2 Å². The number of aliphatic hydroxyl groups excluding tert-OH is 1. The van der Waals surface area contributed by atoms with Crippen LogP contribution in [-0.2, 0) is 15.9 Å². The molecule has 0 unspecified atom stereocenters. The van der Waals surface area contributed by atoms with Gasteiger partial charge in [0.25, 0.3) is 5.91 Å². The number of rotatable bonds is 13. The average Bonchev–Trinajstić information content (AvgIpc) is 2.57. The van der Waals surface area contributed by atoms with Gasteiger partial charge in [0, 0.05) is 39.1 Å². The van der Waals surface area contributed by atoms with Gasteiger partial charge in [-0.1, -0.05) is 25.7 Å². The highest BCUT2D eigenvalue weighted by molar-refractivity contribution is 6.76. The van der Waals surface area contributed by atoms with E-state index in [-0.39, 0.29) is 12.5 Å². The second-order valence-electron chi connectivity index (χ2n) is 7.58. The van der Waals surface area contributed by atoms with E-state index in [1.165, 1.54) is 6.04 Å². The molecule has 1 aromatic rings. The highest BCUT2D eigenvalue weighted by Gasteiger charge is 2.14. The molecule has 6 nitrogen and oxygen atoms in total. The fourth-order valence-electron chi connectivity index (χ4n) is 2.34. The van der Waals surface area contributed by atoms with Crippen molar-refractivity contribution >= 4 is 19.7 Å². The molecule has 1 amide bonds. The number of aliphatic hydroxyl groups is 1. The third-order valence-electron chi connectivity index (χ3n) is 3.79. The third-order valence-corrected chi connectivity index (χ3v) is 5.54. The molecule has 1 aromatic carbocycles. The lowest BCUT2D eigenvalue weighted by Crippen LogP contribution is -2.28. The number of ether oxygens (including phenoxy) is 2. The van der Waals surface area contributed by atoms with Gasteiger partial charge in [0.05, 0.1) is 19.8 Å². The van der Waals surface area contributed by atoms with E-state index in [4.69, 9.17) is 20.3 Å². The van der Waals surface area contributed by atoms with E-state index in [2.05, 4.69) is 25.0 Å². The Bertz CT molecular complexity index is 547. The lowest BCUT2D eigenvalue weighted by Gasteiger charge is -2.16. The van der Waals surface area contributed by atoms with E-state index in [0.29, 0.717) is 50.6 Å². The molecule has 0 aliphatic rings. The lowest BCUT2D eigenvalue weighted by atomic mass is 10.1. The highest BCUT2D eigenvalue weighted by atomic mass is 28.3. The second kappa shape index (κ2) is 12.1. The number of nitrogens with one attached hydrogen (secondary N) is 1. The molecular formula is C19H34N2O4Si. The predicted molar refractivity (Wildman–Crippen MR) is 108 cm³/mol. The van der Waals surface area contributed by atoms with Gasteiger partial charge in [0.15, 0.2) is 0 Å². The van der Waals surface area contributed by atoms with Crippen LogP contribution in [0.3, 0.4) is 0 Å². The first kappa shape index (κ1) is 22.6. The molecule has 7 heteroatoms. The molecule has 4 N–H and O–H groups in total. The van der Waals surface area contributed by atoms with E-state index in [1.54, 1.807) is 6.07 Å². The zero-order valence-corrected chi connectivity index (χ0v) is 17.3. The molecule has 0 aliphatic carbocycles. The van der Waals surface area contributed by atoms with Crippen LogP contribution in [0.4, 0.5) is 5.69 Å². The van der Waals surface area contributed by atoms with E-state index in [9.17, 15) is 4.79 Å². The number of nitrogens with two attached hydrogens (primary N) is 1. The SMILES string of the molecule is C[Si](C)(C)CCc1cc(N)cc(C(=O)NCCOCCOCCCO)c1. The zero-order valence-electron chi connectivity index (χ0n) is 16.3. The maximum absolute atomic E-state index is 12.3. The van der Waals surface area contributed by atoms with Crippen LogP contribution in [0, 0.1) is 0 Å². The number of aryl methyl sites for hydroxylation is 1. The summed E-state index contributed by atoms with van der Waals surface area (Å²) in [6.45, 7) is 9.51. The van der Waals surface area contributed by atoms with Crippen LogP contribution in [0.25, 0.3) is 0 Å². The summed E-state index contributed by atoms with van der Waals surface area (Å²) in [5.74, 6) is -0.130. The van der Waals surface area contributed by atoms with Crippen LogP contribution >= 0.6 is 0 Å². The number of benzene rings is 1. The molecular weight excluding hydrogens is 348 g/mol. The van der Waals surface area contributed by atoms with Crippen LogP contribution in [0.1, 0.15) is 22.3 Å². The maximum Gasteiger partial charge on any atom is 0.251 e. The van der Waals surface area contributed by atoms with Gasteiger partial charge in [-0.15, -0.1) is 0 Å².